The number of carbonyl (C=O) groups excluding carboxylic acids is 10. The number of methoxy groups -OCH3 is 1. The molecule has 7 aliphatic heterocycles. The van der Waals surface area contributed by atoms with E-state index in [1.165, 1.54) is 25.1 Å². The number of benzene rings is 3. The second-order valence-corrected chi connectivity index (χ2v) is 29.3. The van der Waals surface area contributed by atoms with Crippen molar-refractivity contribution in [2.75, 3.05) is 136 Å². The van der Waals surface area contributed by atoms with Crippen LogP contribution in [0.5, 0.6) is 0 Å². The van der Waals surface area contributed by atoms with Crippen molar-refractivity contribution in [1.82, 2.24) is 74.0 Å². The molecule has 0 radical (unpaired) electrons. The molecule has 0 saturated carbocycles. The molecule has 4 N–H and O–H groups in total. The molecule has 13 rings (SSSR count). The third kappa shape index (κ3) is 16.2. The lowest BCUT2D eigenvalue weighted by Crippen LogP contribution is -2.50. The number of fused-ring (bicyclic) bond motifs is 2. The first-order valence-corrected chi connectivity index (χ1v) is 37.1. The Kier molecular flexibility index (Phi) is 22.2. The highest BCUT2D eigenvalue weighted by atomic mass is 19.1. The van der Waals surface area contributed by atoms with Gasteiger partial charge in [-0.15, -0.1) is 0 Å². The zero-order chi connectivity index (χ0) is 73.7. The minimum atomic E-state index is -0.694. The van der Waals surface area contributed by atoms with Crippen LogP contribution in [-0.4, -0.2) is 260 Å². The van der Waals surface area contributed by atoms with Crippen LogP contribution < -0.4 is 21.3 Å². The Morgan fingerprint density at radius 1 is 0.657 bits per heavy atom. The van der Waals surface area contributed by atoms with E-state index < -0.39 is 29.5 Å². The minimum Gasteiger partial charge on any atom is -0.468 e. The van der Waals surface area contributed by atoms with E-state index in [-0.39, 0.29) is 115 Å². The highest BCUT2D eigenvalue weighted by Gasteiger charge is 2.40. The predicted molar refractivity (Wildman–Crippen MR) is 387 cm³/mol. The fourth-order valence-corrected chi connectivity index (χ4v) is 16.5. The largest absolute Gasteiger partial charge is 0.468 e. The second kappa shape index (κ2) is 32.0. The Balaban J connectivity index is 0.522. The SMILES string of the molecule is COC(=O)CNC(=O)CN(C)C(=O)Cn1nc(C2CCN(C(=O)CCC(=O)N3CCC(C(=O)N4CCC(C(=O)N5CCC(C(=O)N6CCC(c7ccc(Nc8nc(N9CCC[C@@H](N%10CCN(C)C%10=O)C9)cnc8C(N)=O)cc7)CC6)CC5)CC4)CC3)CC2)c2c(-c3cc4c(cnn4C)cc3F)cccc21. The van der Waals surface area contributed by atoms with Crippen molar-refractivity contribution in [2.45, 2.75) is 114 Å². The van der Waals surface area contributed by atoms with Crippen LogP contribution in [-0.2, 0) is 56.7 Å². The number of aryl methyl sites for hydroxylation is 1. The standard InChI is InChI=1S/C75H95FN18O11/c1-84-37-38-93(75(84)104)55-7-6-26-92(44-55)61-42-79-69(70(77)100)71(82-61)81-54-12-10-47(11-13-54)48-16-31-89(32-17-48)73(102)51-22-35-91(36-23-51)74(103)52-24-33-90(34-25-52)72(101)50-20-29-88(30-21-50)64(97)15-14-63(96)87-27-18-49(19-28-87)68-67-56(57-40-60-53(39-58(57)76)41-80-86(60)3)8-5-9-59(67)94(83-68)46-65(98)85(2)45-62(95)78-43-66(99)105-4/h5,8-13,39-42,48-52,55H,6-7,14-38,43-46H2,1-4H3,(H2,77,100)(H,78,95)(H,81,82)/t55-/m1/s1. The third-order valence-corrected chi connectivity index (χ3v) is 22.8. The Bertz CT molecular complexity index is 4280. The molecular weight excluding hydrogens is 1350 g/mol. The summed E-state index contributed by atoms with van der Waals surface area (Å²) in [6.45, 7) is 6.77. The molecule has 1 atom stereocenters. The summed E-state index contributed by atoms with van der Waals surface area (Å²) in [5.41, 5.74) is 10.5. The lowest BCUT2D eigenvalue weighted by atomic mass is 9.87. The number of piperidine rings is 6. The van der Waals surface area contributed by atoms with Gasteiger partial charge in [-0.2, -0.15) is 10.2 Å². The van der Waals surface area contributed by atoms with Gasteiger partial charge in [-0.1, -0.05) is 24.3 Å². The number of halogens is 1. The molecule has 558 valence electrons. The van der Waals surface area contributed by atoms with Gasteiger partial charge in [-0.25, -0.2) is 19.2 Å². The lowest BCUT2D eigenvalue weighted by molar-refractivity contribution is -0.146. The molecular formula is C75H95FN18O11. The number of likely N-dealkylation sites (N-methyl/N-ethyl adjacent to an activating group) is 2. The first-order valence-electron chi connectivity index (χ1n) is 37.1. The summed E-state index contributed by atoms with van der Waals surface area (Å²) < 4.78 is 24.0. The molecule has 30 heteroatoms. The molecule has 7 saturated heterocycles. The number of hydrogen-bond donors (Lipinski definition) is 3. The van der Waals surface area contributed by atoms with Gasteiger partial charge < -0.3 is 65.2 Å². The summed E-state index contributed by atoms with van der Waals surface area (Å²) in [5, 5.41) is 16.4. The van der Waals surface area contributed by atoms with Crippen LogP contribution in [0.2, 0.25) is 0 Å². The number of hydrogen-bond acceptors (Lipinski definition) is 17. The number of likely N-dealkylation sites (tertiary alicyclic amines) is 5. The summed E-state index contributed by atoms with van der Waals surface area (Å²) >= 11 is 0. The molecule has 105 heavy (non-hydrogen) atoms. The molecule has 29 nitrogen and oxygen atoms in total. The van der Waals surface area contributed by atoms with Gasteiger partial charge in [0, 0.05) is 171 Å². The quantitative estimate of drug-likeness (QED) is 0.0842. The number of esters is 1. The van der Waals surface area contributed by atoms with Gasteiger partial charge in [0.25, 0.3) is 5.91 Å². The van der Waals surface area contributed by atoms with Gasteiger partial charge in [0.05, 0.1) is 48.8 Å². The van der Waals surface area contributed by atoms with E-state index in [2.05, 4.69) is 42.5 Å². The van der Waals surface area contributed by atoms with Crippen molar-refractivity contribution in [3.05, 3.63) is 89.8 Å². The van der Waals surface area contributed by atoms with Crippen molar-refractivity contribution in [3.8, 4) is 11.1 Å². The number of rotatable bonds is 20. The molecule has 0 unspecified atom stereocenters. The van der Waals surface area contributed by atoms with Crippen molar-refractivity contribution in [3.63, 3.8) is 0 Å². The molecule has 7 aliphatic rings. The third-order valence-electron chi connectivity index (χ3n) is 22.8. The van der Waals surface area contributed by atoms with Crippen LogP contribution in [0.1, 0.15) is 123 Å². The Hall–Kier alpha value is -10.3. The summed E-state index contributed by atoms with van der Waals surface area (Å²) in [5.74, 6) is -2.37. The Labute approximate surface area is 608 Å². The zero-order valence-corrected chi connectivity index (χ0v) is 60.4. The Morgan fingerprint density at radius 3 is 1.82 bits per heavy atom. The highest BCUT2D eigenvalue weighted by molar-refractivity contribution is 6.00. The maximum absolute atomic E-state index is 16.1. The first-order chi connectivity index (χ1) is 50.7. The maximum Gasteiger partial charge on any atom is 0.325 e. The number of urea groups is 1. The number of ether oxygens (including phenoxy) is 1. The average molecular weight is 1440 g/mol. The number of nitrogens with one attached hydrogen (secondary N) is 2. The lowest BCUT2D eigenvalue weighted by Gasteiger charge is -2.40. The van der Waals surface area contributed by atoms with Crippen LogP contribution >= 0.6 is 0 Å². The zero-order valence-electron chi connectivity index (χ0n) is 60.4. The van der Waals surface area contributed by atoms with Crippen LogP contribution in [0.15, 0.2) is 67.0 Å². The van der Waals surface area contributed by atoms with Crippen molar-refractivity contribution in [2.24, 2.45) is 30.5 Å². The number of amides is 10. The first kappa shape index (κ1) is 73.0. The van der Waals surface area contributed by atoms with Gasteiger partial charge in [-0.3, -0.25) is 52.5 Å². The fraction of sp³-hybridized carbons (Fsp3) is 0.547. The van der Waals surface area contributed by atoms with E-state index in [4.69, 9.17) is 15.8 Å². The van der Waals surface area contributed by atoms with E-state index in [1.807, 2.05) is 50.9 Å². The van der Waals surface area contributed by atoms with Gasteiger partial charge in [0.15, 0.2) is 11.5 Å². The van der Waals surface area contributed by atoms with Crippen molar-refractivity contribution in [1.29, 1.82) is 0 Å². The fourth-order valence-electron chi connectivity index (χ4n) is 16.5. The summed E-state index contributed by atoms with van der Waals surface area (Å²) in [7, 11) is 6.28. The topological polar surface area (TPSA) is 321 Å². The van der Waals surface area contributed by atoms with Crippen LogP contribution in [0, 0.1) is 23.6 Å². The predicted octanol–water partition coefficient (Wildman–Crippen LogP) is 5.05. The van der Waals surface area contributed by atoms with Gasteiger partial charge >= 0.3 is 12.0 Å². The van der Waals surface area contributed by atoms with Crippen molar-refractivity contribution < 1.29 is 57.1 Å². The number of carbonyl (C=O) groups is 10. The number of primary amides is 1. The summed E-state index contributed by atoms with van der Waals surface area (Å²) in [6, 6.07) is 16.8. The number of nitrogens with zero attached hydrogens (tertiary/aromatic N) is 15. The van der Waals surface area contributed by atoms with E-state index in [0.29, 0.717) is 175 Å². The van der Waals surface area contributed by atoms with E-state index >= 15 is 4.39 Å². The minimum absolute atomic E-state index is 0.0302. The molecule has 0 aliphatic carbocycles. The molecule has 3 aromatic carbocycles. The molecule has 6 aromatic rings. The normalized spacial score (nSPS) is 19.2. The van der Waals surface area contributed by atoms with Gasteiger partial charge in [-0.05, 0) is 124 Å². The van der Waals surface area contributed by atoms with Crippen molar-refractivity contribution >= 4 is 98.4 Å². The molecule has 10 heterocycles. The second-order valence-electron chi connectivity index (χ2n) is 29.3. The van der Waals surface area contributed by atoms with Gasteiger partial charge in [0.1, 0.15) is 24.7 Å². The van der Waals surface area contributed by atoms with Crippen LogP contribution in [0.3, 0.4) is 0 Å². The maximum atomic E-state index is 16.1. The molecule has 10 amide bonds. The number of nitrogens with two attached hydrogens (primary N) is 1. The van der Waals surface area contributed by atoms with E-state index in [9.17, 15) is 47.9 Å². The van der Waals surface area contributed by atoms with E-state index in [1.54, 1.807) is 55.6 Å². The average Bonchev–Trinajstić information content (AvgIpc) is 1.62. The summed E-state index contributed by atoms with van der Waals surface area (Å²) in [6.07, 6.45) is 11.1. The highest BCUT2D eigenvalue weighted by Crippen LogP contribution is 2.41. The smallest absolute Gasteiger partial charge is 0.325 e. The molecule has 0 spiro atoms. The molecule has 7 fully saturated rings. The van der Waals surface area contributed by atoms with Gasteiger partial charge in [0.2, 0.25) is 41.4 Å². The number of anilines is 3. The molecule has 0 bridgehead atoms. The molecule has 3 aromatic heterocycles. The van der Waals surface area contributed by atoms with Crippen LogP contribution in [0.25, 0.3) is 32.9 Å². The number of aromatic nitrogens is 6. The van der Waals surface area contributed by atoms with Crippen LogP contribution in [0.4, 0.5) is 26.5 Å². The summed E-state index contributed by atoms with van der Waals surface area (Å²) in [4.78, 5) is 158. The monoisotopic (exact) mass is 1440 g/mol. The Morgan fingerprint density at radius 2 is 1.24 bits per heavy atom. The van der Waals surface area contributed by atoms with E-state index in [0.717, 1.165) is 49.0 Å².